The van der Waals surface area contributed by atoms with Crippen LogP contribution >= 0.6 is 0 Å². The Morgan fingerprint density at radius 3 is 1.16 bits per heavy atom. The Kier molecular flexibility index (Phi) is 9.88. The lowest BCUT2D eigenvalue weighted by Crippen LogP contribution is -2.03. The quantitative estimate of drug-likeness (QED) is 0.153. The number of nitrogens with zero attached hydrogens (tertiary/aromatic N) is 5. The van der Waals surface area contributed by atoms with Crippen LogP contribution in [-0.4, -0.2) is 24.1 Å². The topological polar surface area (TPSA) is 48.5 Å². The van der Waals surface area contributed by atoms with Crippen molar-refractivity contribution >= 4 is 43.6 Å². The largest absolute Gasteiger partial charge is 0.309 e. The van der Waals surface area contributed by atoms with Crippen LogP contribution in [-0.2, 0) is 0 Å². The van der Waals surface area contributed by atoms with E-state index in [9.17, 15) is 0 Å². The molecule has 5 heteroatoms. The summed E-state index contributed by atoms with van der Waals surface area (Å²) in [5, 5.41) is 4.80. The maximum Gasteiger partial charge on any atom is 0.164 e. The maximum absolute atomic E-state index is 5.23. The molecule has 0 saturated carbocycles. The molecule has 0 aliphatic heterocycles. The zero-order chi connectivity index (χ0) is 46.7. The molecule has 3 heterocycles. The molecule has 0 saturated heterocycles. The third-order valence-electron chi connectivity index (χ3n) is 13.9. The molecule has 0 aliphatic carbocycles. The molecule has 0 aliphatic rings. The highest BCUT2D eigenvalue weighted by Gasteiger charge is 2.23. The third-order valence-corrected chi connectivity index (χ3v) is 13.9. The number of fused-ring (bicyclic) bond motifs is 6. The number of rotatable bonds is 8. The van der Waals surface area contributed by atoms with Crippen molar-refractivity contribution in [2.75, 3.05) is 0 Å². The Bertz CT molecular complexity index is 4090. The van der Waals surface area contributed by atoms with Crippen molar-refractivity contribution in [2.45, 2.75) is 13.8 Å². The number of hydrogen-bond donors (Lipinski definition) is 0. The third kappa shape index (κ3) is 6.90. The van der Waals surface area contributed by atoms with Crippen LogP contribution in [0.15, 0.2) is 237 Å². The first kappa shape index (κ1) is 41.0. The predicted molar refractivity (Wildman–Crippen MR) is 291 cm³/mol. The van der Waals surface area contributed by atoms with Crippen molar-refractivity contribution in [1.82, 2.24) is 24.1 Å². The monoisotopic (exact) mass is 895 g/mol. The summed E-state index contributed by atoms with van der Waals surface area (Å²) in [5.41, 5.74) is 18.9. The van der Waals surface area contributed by atoms with Crippen molar-refractivity contribution in [3.63, 3.8) is 0 Å². The minimum atomic E-state index is 0.601. The smallest absolute Gasteiger partial charge is 0.164 e. The number of para-hydroxylation sites is 3. The fraction of sp³-hybridized carbons (Fsp3) is 0.0308. The average molecular weight is 896 g/mol. The van der Waals surface area contributed by atoms with Crippen LogP contribution in [0, 0.1) is 13.8 Å². The van der Waals surface area contributed by atoms with Gasteiger partial charge in [-0.1, -0.05) is 176 Å². The highest BCUT2D eigenvalue weighted by molar-refractivity contribution is 6.13. The van der Waals surface area contributed by atoms with Crippen LogP contribution in [0.3, 0.4) is 0 Å². The Hall–Kier alpha value is -9.19. The minimum absolute atomic E-state index is 0.601. The predicted octanol–water partition coefficient (Wildman–Crippen LogP) is 16.7. The molecule has 13 rings (SSSR count). The molecular weight excluding hydrogens is 851 g/mol. The number of hydrogen-bond acceptors (Lipinski definition) is 3. The van der Waals surface area contributed by atoms with Crippen molar-refractivity contribution in [3.05, 3.63) is 248 Å². The summed E-state index contributed by atoms with van der Waals surface area (Å²) in [6.45, 7) is 4.37. The van der Waals surface area contributed by atoms with Gasteiger partial charge in [0.25, 0.3) is 0 Å². The van der Waals surface area contributed by atoms with Crippen LogP contribution in [0.1, 0.15) is 11.1 Å². The fourth-order valence-corrected chi connectivity index (χ4v) is 10.5. The van der Waals surface area contributed by atoms with Crippen LogP contribution in [0.4, 0.5) is 0 Å². The Morgan fingerprint density at radius 1 is 0.257 bits per heavy atom. The van der Waals surface area contributed by atoms with Gasteiger partial charge in [-0.2, -0.15) is 0 Å². The maximum atomic E-state index is 5.23. The zero-order valence-electron chi connectivity index (χ0n) is 38.8. The second kappa shape index (κ2) is 16.8. The fourth-order valence-electron chi connectivity index (χ4n) is 10.5. The van der Waals surface area contributed by atoms with E-state index in [4.69, 9.17) is 15.0 Å². The Balaban J connectivity index is 1.09. The van der Waals surface area contributed by atoms with Crippen molar-refractivity contribution < 1.29 is 0 Å². The molecule has 330 valence electrons. The van der Waals surface area contributed by atoms with Gasteiger partial charge in [-0.15, -0.1) is 0 Å². The minimum Gasteiger partial charge on any atom is -0.309 e. The van der Waals surface area contributed by atoms with Crippen molar-refractivity contribution in [2.24, 2.45) is 0 Å². The molecule has 70 heavy (non-hydrogen) atoms. The molecule has 0 spiro atoms. The van der Waals surface area contributed by atoms with Crippen LogP contribution in [0.25, 0.3) is 123 Å². The highest BCUT2D eigenvalue weighted by Crippen LogP contribution is 2.44. The van der Waals surface area contributed by atoms with Gasteiger partial charge in [0.15, 0.2) is 17.5 Å². The van der Waals surface area contributed by atoms with E-state index in [0.29, 0.717) is 17.5 Å². The molecule has 0 N–H and O–H groups in total. The van der Waals surface area contributed by atoms with Gasteiger partial charge in [-0.25, -0.2) is 15.0 Å². The molecular formula is C65H45N5. The van der Waals surface area contributed by atoms with E-state index in [2.05, 4.69) is 223 Å². The van der Waals surface area contributed by atoms with Gasteiger partial charge < -0.3 is 9.13 Å². The van der Waals surface area contributed by atoms with Gasteiger partial charge in [-0.3, -0.25) is 0 Å². The summed E-state index contributed by atoms with van der Waals surface area (Å²) in [4.78, 5) is 15.5. The van der Waals surface area contributed by atoms with E-state index in [1.807, 2.05) is 36.4 Å². The first-order valence-corrected chi connectivity index (χ1v) is 23.9. The normalized spacial score (nSPS) is 11.6. The van der Waals surface area contributed by atoms with E-state index in [1.165, 1.54) is 54.9 Å². The molecule has 0 atom stereocenters. The van der Waals surface area contributed by atoms with Crippen LogP contribution in [0.5, 0.6) is 0 Å². The first-order chi connectivity index (χ1) is 34.6. The summed E-state index contributed by atoms with van der Waals surface area (Å²) in [6.07, 6.45) is 0. The van der Waals surface area contributed by atoms with Gasteiger partial charge in [0, 0.05) is 49.4 Å². The standard InChI is InChI=1S/C65H45N5/c1-42-19-9-11-25-49(42)46-33-36-60-54(39-46)51-27-13-16-30-57(51)69(60)58-31-17-15-29-53(58)56-41-48(65-67-63(44-21-5-3-6-22-44)66-64(68-65)45-23-7-4-8-24-45)35-38-62(56)70-59-32-18-14-28-52(59)55-40-47(34-37-61(55)70)50-26-12-10-20-43(50)2/h3-41H,1-2H3. The summed E-state index contributed by atoms with van der Waals surface area (Å²) < 4.78 is 4.89. The number of benzene rings is 10. The summed E-state index contributed by atoms with van der Waals surface area (Å²) in [6, 6.07) is 84.7. The molecule has 13 aromatic rings. The number of aryl methyl sites for hydroxylation is 2. The first-order valence-electron chi connectivity index (χ1n) is 23.9. The molecule has 10 aromatic carbocycles. The Labute approximate surface area is 406 Å². The molecule has 5 nitrogen and oxygen atoms in total. The lowest BCUT2D eigenvalue weighted by molar-refractivity contribution is 1.07. The van der Waals surface area contributed by atoms with Gasteiger partial charge >= 0.3 is 0 Å². The summed E-state index contributed by atoms with van der Waals surface area (Å²) in [5.74, 6) is 1.85. The Morgan fingerprint density at radius 2 is 0.643 bits per heavy atom. The molecule has 0 amide bonds. The molecule has 0 bridgehead atoms. The SMILES string of the molecule is Cc1ccccc1-c1ccc2c(c1)c1ccccc1n2-c1ccccc1-c1cc(-c2nc(-c3ccccc3)nc(-c3ccccc3)n2)ccc1-n1c2ccccc2c2cc(-c3ccccc3C)ccc21. The molecule has 0 unspecified atom stereocenters. The van der Waals surface area contributed by atoms with E-state index in [1.54, 1.807) is 0 Å². The lowest BCUT2D eigenvalue weighted by atomic mass is 9.97. The second-order valence-corrected chi connectivity index (χ2v) is 18.1. The lowest BCUT2D eigenvalue weighted by Gasteiger charge is -2.20. The summed E-state index contributed by atoms with van der Waals surface area (Å²) >= 11 is 0. The van der Waals surface area contributed by atoms with Crippen molar-refractivity contribution in [1.29, 1.82) is 0 Å². The van der Waals surface area contributed by atoms with E-state index in [0.717, 1.165) is 61.3 Å². The van der Waals surface area contributed by atoms with E-state index < -0.39 is 0 Å². The van der Waals surface area contributed by atoms with Crippen LogP contribution < -0.4 is 0 Å². The van der Waals surface area contributed by atoms with Gasteiger partial charge in [0.05, 0.1) is 33.4 Å². The zero-order valence-corrected chi connectivity index (χ0v) is 38.8. The summed E-state index contributed by atoms with van der Waals surface area (Å²) in [7, 11) is 0. The van der Waals surface area contributed by atoms with Gasteiger partial charge in [-0.05, 0) is 108 Å². The second-order valence-electron chi connectivity index (χ2n) is 18.1. The van der Waals surface area contributed by atoms with Gasteiger partial charge in [0.1, 0.15) is 0 Å². The molecule has 3 aromatic heterocycles. The van der Waals surface area contributed by atoms with E-state index >= 15 is 0 Å². The highest BCUT2D eigenvalue weighted by atomic mass is 15.0. The number of aromatic nitrogens is 5. The van der Waals surface area contributed by atoms with Gasteiger partial charge in [0.2, 0.25) is 0 Å². The molecule has 0 radical (unpaired) electrons. The average Bonchev–Trinajstić information content (AvgIpc) is 3.93. The molecule has 0 fully saturated rings. The van der Waals surface area contributed by atoms with E-state index in [-0.39, 0.29) is 0 Å². The van der Waals surface area contributed by atoms with Crippen LogP contribution in [0.2, 0.25) is 0 Å². The van der Waals surface area contributed by atoms with Crippen molar-refractivity contribution in [3.8, 4) is 78.9 Å².